The van der Waals surface area contributed by atoms with Crippen molar-refractivity contribution in [1.29, 1.82) is 0 Å². The van der Waals surface area contributed by atoms with Gasteiger partial charge < -0.3 is 0 Å². The average Bonchev–Trinajstić information content (AvgIpc) is 2.48. The van der Waals surface area contributed by atoms with Crippen LogP contribution in [0.4, 0.5) is 17.1 Å². The number of nitro groups is 3. The van der Waals surface area contributed by atoms with Crippen molar-refractivity contribution in [3.05, 3.63) is 84.4 Å². The van der Waals surface area contributed by atoms with Gasteiger partial charge in [0, 0.05) is 24.3 Å². The van der Waals surface area contributed by atoms with E-state index in [4.69, 9.17) is 0 Å². The first kappa shape index (κ1) is 16.7. The third-order valence-corrected chi connectivity index (χ3v) is 2.64. The third-order valence-electron chi connectivity index (χ3n) is 2.64. The lowest BCUT2D eigenvalue weighted by atomic mass is 10.1. The van der Waals surface area contributed by atoms with Gasteiger partial charge in [-0.15, -0.1) is 0 Å². The molecule has 0 saturated carbocycles. The minimum absolute atomic E-state index is 0.0810. The molecule has 0 atom stereocenters. The Bertz CT molecular complexity index is 670. The van der Waals surface area contributed by atoms with Crippen LogP contribution >= 0.6 is 0 Å². The maximum atomic E-state index is 10.4. The van der Waals surface area contributed by atoms with E-state index in [9.17, 15) is 30.3 Å². The van der Waals surface area contributed by atoms with E-state index in [0.717, 1.165) is 0 Å². The molecule has 2 aromatic rings. The van der Waals surface area contributed by atoms with Crippen molar-refractivity contribution in [1.82, 2.24) is 0 Å². The first-order chi connectivity index (χ1) is 10.3. The average molecular weight is 305 g/mol. The van der Waals surface area contributed by atoms with Crippen molar-refractivity contribution >= 4 is 17.1 Å². The molecule has 9 nitrogen and oxygen atoms in total. The molecule has 0 unspecified atom stereocenters. The molecule has 0 radical (unpaired) electrons. The Balaban J connectivity index is 0.000000235. The molecule has 9 heteroatoms. The quantitative estimate of drug-likeness (QED) is 0.631. The predicted octanol–water partition coefficient (Wildman–Crippen LogP) is 3.41. The highest BCUT2D eigenvalue weighted by molar-refractivity contribution is 5.52. The SMILES string of the molecule is Cc1c([N+](=O)[O-])cccc1[N+](=O)[O-].O=[N+]([O-])c1ccccc1. The van der Waals surface area contributed by atoms with Gasteiger partial charge in [0.15, 0.2) is 0 Å². The van der Waals surface area contributed by atoms with E-state index in [-0.39, 0.29) is 22.6 Å². The van der Waals surface area contributed by atoms with Crippen LogP contribution in [0.5, 0.6) is 0 Å². The largest absolute Gasteiger partial charge is 0.279 e. The van der Waals surface area contributed by atoms with Crippen molar-refractivity contribution in [3.63, 3.8) is 0 Å². The van der Waals surface area contributed by atoms with E-state index >= 15 is 0 Å². The summed E-state index contributed by atoms with van der Waals surface area (Å²) in [5, 5.41) is 30.8. The number of non-ortho nitro benzene ring substituents is 1. The van der Waals surface area contributed by atoms with Gasteiger partial charge in [0.25, 0.3) is 17.1 Å². The standard InChI is InChI=1S/C7H6N2O4.C6H5NO2/c1-5-6(8(10)11)3-2-4-7(5)9(12)13;8-7(9)6-4-2-1-3-5-6/h2-4H,1H3;1-5H. The van der Waals surface area contributed by atoms with Gasteiger partial charge in [-0.05, 0) is 13.0 Å². The Labute approximate surface area is 124 Å². The topological polar surface area (TPSA) is 129 Å². The minimum Gasteiger partial charge on any atom is -0.258 e. The Kier molecular flexibility index (Phi) is 5.64. The molecule has 114 valence electrons. The van der Waals surface area contributed by atoms with Crippen molar-refractivity contribution in [3.8, 4) is 0 Å². The molecule has 0 N–H and O–H groups in total. The van der Waals surface area contributed by atoms with Gasteiger partial charge in [-0.2, -0.15) is 0 Å². The Hall–Kier alpha value is -3.36. The highest BCUT2D eigenvalue weighted by atomic mass is 16.6. The van der Waals surface area contributed by atoms with Crippen LogP contribution in [0, 0.1) is 37.3 Å². The fraction of sp³-hybridized carbons (Fsp3) is 0.0769. The summed E-state index contributed by atoms with van der Waals surface area (Å²) < 4.78 is 0. The van der Waals surface area contributed by atoms with Crippen molar-refractivity contribution < 1.29 is 14.8 Å². The molecule has 0 heterocycles. The molecule has 0 aliphatic rings. The molecule has 0 aromatic heterocycles. The second-order valence-electron chi connectivity index (χ2n) is 4.03. The maximum Gasteiger partial charge on any atom is 0.279 e. The highest BCUT2D eigenvalue weighted by Gasteiger charge is 2.19. The maximum absolute atomic E-state index is 10.4. The van der Waals surface area contributed by atoms with Crippen LogP contribution in [0.2, 0.25) is 0 Å². The van der Waals surface area contributed by atoms with Crippen LogP contribution in [0.25, 0.3) is 0 Å². The number of hydrogen-bond acceptors (Lipinski definition) is 6. The summed E-state index contributed by atoms with van der Waals surface area (Å²) in [5.74, 6) is 0. The number of rotatable bonds is 3. The lowest BCUT2D eigenvalue weighted by Gasteiger charge is -1.96. The minimum atomic E-state index is -0.637. The number of hydrogen-bond donors (Lipinski definition) is 0. The zero-order valence-electron chi connectivity index (χ0n) is 11.4. The fourth-order valence-electron chi connectivity index (χ4n) is 1.56. The zero-order valence-corrected chi connectivity index (χ0v) is 11.4. The van der Waals surface area contributed by atoms with Crippen molar-refractivity contribution in [2.45, 2.75) is 6.92 Å². The molecule has 2 rings (SSSR count). The van der Waals surface area contributed by atoms with Crippen molar-refractivity contribution in [2.24, 2.45) is 0 Å². The molecular weight excluding hydrogens is 294 g/mol. The lowest BCUT2D eigenvalue weighted by molar-refractivity contribution is -0.395. The number of nitro benzene ring substituents is 3. The van der Waals surface area contributed by atoms with Crippen molar-refractivity contribution in [2.75, 3.05) is 0 Å². The molecule has 0 aliphatic heterocycles. The van der Waals surface area contributed by atoms with E-state index < -0.39 is 14.8 Å². The second-order valence-corrected chi connectivity index (χ2v) is 4.03. The molecule has 0 spiro atoms. The molecule has 0 bridgehead atoms. The molecular formula is C13H11N3O6. The Morgan fingerprint density at radius 2 is 1.14 bits per heavy atom. The van der Waals surface area contributed by atoms with E-state index in [1.807, 2.05) is 0 Å². The van der Waals surface area contributed by atoms with Gasteiger partial charge in [-0.1, -0.05) is 18.2 Å². The van der Waals surface area contributed by atoms with Crippen LogP contribution in [-0.4, -0.2) is 14.8 Å². The number of benzene rings is 2. The Morgan fingerprint density at radius 3 is 1.45 bits per heavy atom. The molecule has 2 aromatic carbocycles. The predicted molar refractivity (Wildman–Crippen MR) is 77.6 cm³/mol. The molecule has 0 aliphatic carbocycles. The smallest absolute Gasteiger partial charge is 0.258 e. The summed E-state index contributed by atoms with van der Waals surface area (Å²) in [4.78, 5) is 29.1. The Morgan fingerprint density at radius 1 is 0.682 bits per heavy atom. The molecule has 0 amide bonds. The van der Waals surface area contributed by atoms with Crippen LogP contribution in [0.15, 0.2) is 48.5 Å². The first-order valence-electron chi connectivity index (χ1n) is 5.92. The first-order valence-corrected chi connectivity index (χ1v) is 5.92. The summed E-state index contributed by atoms with van der Waals surface area (Å²) in [7, 11) is 0. The summed E-state index contributed by atoms with van der Waals surface area (Å²) in [6.07, 6.45) is 0. The highest BCUT2D eigenvalue weighted by Crippen LogP contribution is 2.26. The monoisotopic (exact) mass is 305 g/mol. The molecule has 0 saturated heterocycles. The van der Waals surface area contributed by atoms with E-state index in [2.05, 4.69) is 0 Å². The number of para-hydroxylation sites is 1. The van der Waals surface area contributed by atoms with Crippen LogP contribution < -0.4 is 0 Å². The van der Waals surface area contributed by atoms with Crippen LogP contribution in [0.3, 0.4) is 0 Å². The summed E-state index contributed by atoms with van der Waals surface area (Å²) in [5.41, 5.74) is -0.238. The zero-order chi connectivity index (χ0) is 16.7. The normalized spacial score (nSPS) is 9.32. The third kappa shape index (κ3) is 4.34. The van der Waals surface area contributed by atoms with Gasteiger partial charge in [0.2, 0.25) is 0 Å². The van der Waals surface area contributed by atoms with Gasteiger partial charge in [0.1, 0.15) is 5.56 Å². The van der Waals surface area contributed by atoms with E-state index in [1.54, 1.807) is 18.2 Å². The number of nitrogens with zero attached hydrogens (tertiary/aromatic N) is 3. The fourth-order valence-corrected chi connectivity index (χ4v) is 1.56. The van der Waals surface area contributed by atoms with Gasteiger partial charge in [-0.3, -0.25) is 30.3 Å². The summed E-state index contributed by atoms with van der Waals surface area (Å²) in [6, 6.07) is 11.7. The molecule has 0 fully saturated rings. The summed E-state index contributed by atoms with van der Waals surface area (Å²) in [6.45, 7) is 1.36. The van der Waals surface area contributed by atoms with Gasteiger partial charge >= 0.3 is 0 Å². The summed E-state index contributed by atoms with van der Waals surface area (Å²) >= 11 is 0. The van der Waals surface area contributed by atoms with E-state index in [1.165, 1.54) is 37.3 Å². The lowest BCUT2D eigenvalue weighted by Crippen LogP contribution is -1.96. The van der Waals surface area contributed by atoms with Crippen LogP contribution in [0.1, 0.15) is 5.56 Å². The second kappa shape index (κ2) is 7.43. The van der Waals surface area contributed by atoms with Crippen LogP contribution in [-0.2, 0) is 0 Å². The van der Waals surface area contributed by atoms with E-state index in [0.29, 0.717) is 0 Å². The van der Waals surface area contributed by atoms with Gasteiger partial charge in [0.05, 0.1) is 14.8 Å². The molecule has 22 heavy (non-hydrogen) atoms. The van der Waals surface area contributed by atoms with Gasteiger partial charge in [-0.25, -0.2) is 0 Å².